The van der Waals surface area contributed by atoms with E-state index in [0.717, 1.165) is 32.3 Å². The molecule has 4 rings (SSSR count). The van der Waals surface area contributed by atoms with Crippen molar-refractivity contribution in [2.24, 2.45) is 0 Å². The fraction of sp³-hybridized carbons (Fsp3) is 0.476. The Labute approximate surface area is 159 Å². The Balaban J connectivity index is 1.31. The van der Waals surface area contributed by atoms with Gasteiger partial charge in [0, 0.05) is 38.5 Å². The molecule has 6 nitrogen and oxygen atoms in total. The molecule has 2 aromatic rings. The predicted octanol–water partition coefficient (Wildman–Crippen LogP) is 2.85. The number of rotatable bonds is 4. The molecule has 1 spiro atoms. The highest BCUT2D eigenvalue weighted by Gasteiger charge is 2.41. The molecule has 2 aliphatic rings. The van der Waals surface area contributed by atoms with Crippen molar-refractivity contribution < 1.29 is 14.3 Å². The minimum absolute atomic E-state index is 0.0503. The largest absolute Gasteiger partial charge is 0.375 e. The lowest BCUT2D eigenvalue weighted by Crippen LogP contribution is -2.52. The molecule has 1 atom stereocenters. The number of hydrogen-bond donors (Lipinski definition) is 0. The van der Waals surface area contributed by atoms with Crippen LogP contribution in [-0.4, -0.2) is 52.2 Å². The minimum Gasteiger partial charge on any atom is -0.375 e. The van der Waals surface area contributed by atoms with E-state index in [1.54, 1.807) is 12.4 Å². The summed E-state index contributed by atoms with van der Waals surface area (Å²) in [7, 11) is 0. The molecule has 2 aliphatic heterocycles. The second-order valence-corrected chi connectivity index (χ2v) is 7.33. The molecule has 1 unspecified atom stereocenters. The number of amides is 1. The number of nitrogens with zero attached hydrogens (tertiary/aromatic N) is 3. The lowest BCUT2D eigenvalue weighted by Gasteiger charge is -2.46. The summed E-state index contributed by atoms with van der Waals surface area (Å²) in [6, 6.07) is 10.3. The molecule has 3 heterocycles. The third kappa shape index (κ3) is 4.34. The maximum absolute atomic E-state index is 12.6. The van der Waals surface area contributed by atoms with Crippen molar-refractivity contribution in [3.63, 3.8) is 0 Å². The molecule has 1 amide bonds. The summed E-state index contributed by atoms with van der Waals surface area (Å²) in [6.07, 6.45) is 8.36. The maximum Gasteiger partial charge on any atom is 0.274 e. The molecule has 2 fully saturated rings. The Hall–Kier alpha value is -2.31. The number of carbonyl (C=O) groups is 1. The number of carbonyl (C=O) groups excluding carboxylic acids is 1. The molecule has 0 bridgehead atoms. The molecular weight excluding hydrogens is 342 g/mol. The number of benzene rings is 1. The van der Waals surface area contributed by atoms with E-state index < -0.39 is 0 Å². The summed E-state index contributed by atoms with van der Waals surface area (Å²) in [5.41, 5.74) is 1.43. The van der Waals surface area contributed by atoms with Crippen LogP contribution in [-0.2, 0) is 16.1 Å². The monoisotopic (exact) mass is 367 g/mol. The van der Waals surface area contributed by atoms with Crippen LogP contribution in [0.4, 0.5) is 0 Å². The van der Waals surface area contributed by atoms with Gasteiger partial charge in [-0.2, -0.15) is 0 Å². The van der Waals surface area contributed by atoms with Gasteiger partial charge in [0.15, 0.2) is 0 Å². The maximum atomic E-state index is 12.6. The SMILES string of the molecule is O=C(c1cnccn1)N1CCC2(CC1)CC(OCc1ccccc1)CCO2. The molecule has 1 aromatic heterocycles. The zero-order valence-electron chi connectivity index (χ0n) is 15.4. The summed E-state index contributed by atoms with van der Waals surface area (Å²) in [6.45, 7) is 2.72. The zero-order valence-corrected chi connectivity index (χ0v) is 15.4. The van der Waals surface area contributed by atoms with Gasteiger partial charge in [-0.05, 0) is 24.8 Å². The number of hydrogen-bond acceptors (Lipinski definition) is 5. The number of ether oxygens (including phenoxy) is 2. The third-order valence-electron chi connectivity index (χ3n) is 5.52. The Kier molecular flexibility index (Phi) is 5.45. The van der Waals surface area contributed by atoms with Crippen molar-refractivity contribution in [1.82, 2.24) is 14.9 Å². The van der Waals surface area contributed by atoms with Gasteiger partial charge in [-0.15, -0.1) is 0 Å². The van der Waals surface area contributed by atoms with E-state index in [4.69, 9.17) is 9.47 Å². The zero-order chi connectivity index (χ0) is 18.5. The molecule has 0 saturated carbocycles. The first kappa shape index (κ1) is 18.1. The molecule has 0 radical (unpaired) electrons. The van der Waals surface area contributed by atoms with Crippen molar-refractivity contribution in [3.05, 3.63) is 60.2 Å². The van der Waals surface area contributed by atoms with Gasteiger partial charge >= 0.3 is 0 Å². The van der Waals surface area contributed by atoms with E-state index in [1.807, 2.05) is 23.1 Å². The van der Waals surface area contributed by atoms with Crippen LogP contribution in [0.2, 0.25) is 0 Å². The minimum atomic E-state index is -0.168. The molecule has 6 heteroatoms. The van der Waals surface area contributed by atoms with E-state index in [0.29, 0.717) is 25.4 Å². The van der Waals surface area contributed by atoms with Gasteiger partial charge in [-0.1, -0.05) is 30.3 Å². The number of likely N-dealkylation sites (tertiary alicyclic amines) is 1. The van der Waals surface area contributed by atoms with Crippen LogP contribution in [0.15, 0.2) is 48.9 Å². The van der Waals surface area contributed by atoms with Gasteiger partial charge in [0.05, 0.1) is 24.5 Å². The van der Waals surface area contributed by atoms with E-state index in [2.05, 4.69) is 22.1 Å². The van der Waals surface area contributed by atoms with Crippen LogP contribution in [0, 0.1) is 0 Å². The quantitative estimate of drug-likeness (QED) is 0.831. The molecular formula is C21H25N3O3. The van der Waals surface area contributed by atoms with Crippen LogP contribution in [0.5, 0.6) is 0 Å². The third-order valence-corrected chi connectivity index (χ3v) is 5.52. The van der Waals surface area contributed by atoms with Gasteiger partial charge in [0.25, 0.3) is 5.91 Å². The average molecular weight is 367 g/mol. The summed E-state index contributed by atoms with van der Waals surface area (Å²) in [5, 5.41) is 0. The highest BCUT2D eigenvalue weighted by molar-refractivity contribution is 5.92. The van der Waals surface area contributed by atoms with Crippen LogP contribution in [0.1, 0.15) is 41.7 Å². The molecule has 27 heavy (non-hydrogen) atoms. The van der Waals surface area contributed by atoms with Crippen molar-refractivity contribution in [1.29, 1.82) is 0 Å². The van der Waals surface area contributed by atoms with Gasteiger partial charge in [-0.25, -0.2) is 4.98 Å². The topological polar surface area (TPSA) is 64.6 Å². The first-order chi connectivity index (χ1) is 13.2. The van der Waals surface area contributed by atoms with Gasteiger partial charge in [0.2, 0.25) is 0 Å². The van der Waals surface area contributed by atoms with Crippen molar-refractivity contribution >= 4 is 5.91 Å². The van der Waals surface area contributed by atoms with Gasteiger partial charge < -0.3 is 14.4 Å². The van der Waals surface area contributed by atoms with E-state index >= 15 is 0 Å². The predicted molar refractivity (Wildman–Crippen MR) is 100 cm³/mol. The van der Waals surface area contributed by atoms with Crippen LogP contribution in [0.25, 0.3) is 0 Å². The summed E-state index contributed by atoms with van der Waals surface area (Å²) in [4.78, 5) is 22.5. The highest BCUT2D eigenvalue weighted by atomic mass is 16.5. The lowest BCUT2D eigenvalue weighted by atomic mass is 9.83. The normalized spacial score (nSPS) is 21.9. The average Bonchev–Trinajstić information content (AvgIpc) is 2.74. The highest BCUT2D eigenvalue weighted by Crippen LogP contribution is 2.36. The Bertz CT molecular complexity index is 746. The molecule has 2 saturated heterocycles. The second kappa shape index (κ2) is 8.15. The first-order valence-corrected chi connectivity index (χ1v) is 9.59. The number of aromatic nitrogens is 2. The van der Waals surface area contributed by atoms with E-state index in [1.165, 1.54) is 11.8 Å². The van der Waals surface area contributed by atoms with Crippen molar-refractivity contribution in [2.45, 2.75) is 44.0 Å². The Morgan fingerprint density at radius 1 is 1.22 bits per heavy atom. The molecule has 142 valence electrons. The Morgan fingerprint density at radius 3 is 2.78 bits per heavy atom. The standard InChI is InChI=1S/C21H25N3O3/c25-20(19-15-22-9-10-23-19)24-11-7-21(8-12-24)14-18(6-13-27-21)26-16-17-4-2-1-3-5-17/h1-5,9-10,15,18H,6-8,11-14,16H2. The van der Waals surface area contributed by atoms with Crippen LogP contribution >= 0.6 is 0 Å². The summed E-state index contributed by atoms with van der Waals surface area (Å²) >= 11 is 0. The number of piperidine rings is 1. The van der Waals surface area contributed by atoms with E-state index in [-0.39, 0.29) is 17.6 Å². The summed E-state index contributed by atoms with van der Waals surface area (Å²) < 4.78 is 12.3. The van der Waals surface area contributed by atoms with Crippen LogP contribution < -0.4 is 0 Å². The fourth-order valence-corrected chi connectivity index (χ4v) is 3.95. The Morgan fingerprint density at radius 2 is 2.04 bits per heavy atom. The van der Waals surface area contributed by atoms with Crippen molar-refractivity contribution in [2.75, 3.05) is 19.7 Å². The van der Waals surface area contributed by atoms with Crippen molar-refractivity contribution in [3.8, 4) is 0 Å². The first-order valence-electron chi connectivity index (χ1n) is 9.59. The molecule has 0 aliphatic carbocycles. The lowest BCUT2D eigenvalue weighted by molar-refractivity contribution is -0.154. The molecule has 0 N–H and O–H groups in total. The van der Waals surface area contributed by atoms with Crippen LogP contribution in [0.3, 0.4) is 0 Å². The summed E-state index contributed by atoms with van der Waals surface area (Å²) in [5.74, 6) is -0.0503. The molecule has 1 aromatic carbocycles. The van der Waals surface area contributed by atoms with Gasteiger partial charge in [-0.3, -0.25) is 9.78 Å². The second-order valence-electron chi connectivity index (χ2n) is 7.33. The van der Waals surface area contributed by atoms with E-state index in [9.17, 15) is 4.79 Å². The smallest absolute Gasteiger partial charge is 0.274 e. The fourth-order valence-electron chi connectivity index (χ4n) is 3.95. The van der Waals surface area contributed by atoms with Gasteiger partial charge in [0.1, 0.15) is 5.69 Å².